The third-order valence-corrected chi connectivity index (χ3v) is 5.37. The van der Waals surface area contributed by atoms with Crippen molar-refractivity contribution in [2.24, 2.45) is 0 Å². The van der Waals surface area contributed by atoms with E-state index < -0.39 is 0 Å². The summed E-state index contributed by atoms with van der Waals surface area (Å²) in [7, 11) is 0. The van der Waals surface area contributed by atoms with Crippen molar-refractivity contribution in [3.05, 3.63) is 11.7 Å². The highest BCUT2D eigenvalue weighted by Gasteiger charge is 2.32. The smallest absolute Gasteiger partial charge is 0.317 e. The van der Waals surface area contributed by atoms with Crippen LogP contribution in [0.5, 0.6) is 0 Å². The minimum atomic E-state index is 0.0108. The maximum atomic E-state index is 12.5. The van der Waals surface area contributed by atoms with E-state index in [1.807, 2.05) is 9.80 Å². The normalized spacial score (nSPS) is 21.0. The quantitative estimate of drug-likeness (QED) is 0.862. The molecule has 1 saturated heterocycles. The summed E-state index contributed by atoms with van der Waals surface area (Å²) in [4.78, 5) is 32.5. The molecule has 144 valence electrons. The van der Waals surface area contributed by atoms with E-state index in [-0.39, 0.29) is 18.0 Å². The third-order valence-electron chi connectivity index (χ3n) is 5.37. The molecule has 0 radical (unpaired) electrons. The second kappa shape index (κ2) is 8.51. The zero-order valence-electron chi connectivity index (χ0n) is 15.7. The fraction of sp³-hybridized carbons (Fsp3) is 0.778. The van der Waals surface area contributed by atoms with Gasteiger partial charge in [-0.25, -0.2) is 4.79 Å². The summed E-state index contributed by atoms with van der Waals surface area (Å²) < 4.78 is 4.98. The number of aryl methyl sites for hydroxylation is 1. The number of hydrogen-bond acceptors (Lipinski definition) is 5. The first-order valence-corrected chi connectivity index (χ1v) is 9.65. The fourth-order valence-electron chi connectivity index (χ4n) is 3.95. The Morgan fingerprint density at radius 3 is 2.69 bits per heavy atom. The second-order valence-corrected chi connectivity index (χ2v) is 7.36. The number of rotatable bonds is 5. The first-order valence-electron chi connectivity index (χ1n) is 9.65. The van der Waals surface area contributed by atoms with Gasteiger partial charge in [-0.3, -0.25) is 4.79 Å². The Kier molecular flexibility index (Phi) is 6.11. The molecule has 3 rings (SSSR count). The molecule has 1 N–H and O–H groups in total. The zero-order valence-corrected chi connectivity index (χ0v) is 15.7. The number of nitrogens with zero attached hydrogens (tertiary/aromatic N) is 4. The van der Waals surface area contributed by atoms with Crippen molar-refractivity contribution in [2.75, 3.05) is 19.6 Å². The van der Waals surface area contributed by atoms with Crippen LogP contribution in [0.3, 0.4) is 0 Å². The third kappa shape index (κ3) is 4.74. The average molecular weight is 363 g/mol. The predicted octanol–water partition coefficient (Wildman–Crippen LogP) is 1.89. The molecule has 1 aromatic heterocycles. The molecule has 0 spiro atoms. The lowest BCUT2D eigenvalue weighted by Gasteiger charge is -2.29. The standard InChI is InChI=1S/C18H29N5O3/c1-13-19-17(21-26-13)9-11-23(14(2)24)16-8-10-22(12-16)18(25)20-15-6-4-3-5-7-15/h15-16H,3-12H2,1-2H3,(H,20,25). The minimum Gasteiger partial charge on any atom is -0.340 e. The molecule has 8 nitrogen and oxygen atoms in total. The largest absolute Gasteiger partial charge is 0.340 e. The van der Waals surface area contributed by atoms with Crippen molar-refractivity contribution in [2.45, 2.75) is 70.9 Å². The molecule has 1 aromatic rings. The number of amides is 3. The van der Waals surface area contributed by atoms with Gasteiger partial charge in [-0.15, -0.1) is 0 Å². The van der Waals surface area contributed by atoms with Crippen LogP contribution >= 0.6 is 0 Å². The van der Waals surface area contributed by atoms with Gasteiger partial charge in [0.15, 0.2) is 5.82 Å². The molecular weight excluding hydrogens is 334 g/mol. The van der Waals surface area contributed by atoms with Gasteiger partial charge in [0.1, 0.15) is 0 Å². The Morgan fingerprint density at radius 1 is 1.27 bits per heavy atom. The molecule has 1 aliphatic carbocycles. The summed E-state index contributed by atoms with van der Waals surface area (Å²) >= 11 is 0. The van der Waals surface area contributed by atoms with Crippen LogP contribution in [-0.2, 0) is 11.2 Å². The van der Waals surface area contributed by atoms with Crippen molar-refractivity contribution in [3.8, 4) is 0 Å². The van der Waals surface area contributed by atoms with Crippen molar-refractivity contribution < 1.29 is 14.1 Å². The van der Waals surface area contributed by atoms with E-state index in [2.05, 4.69) is 15.5 Å². The first-order chi connectivity index (χ1) is 12.5. The number of urea groups is 1. The molecule has 1 aliphatic heterocycles. The van der Waals surface area contributed by atoms with E-state index in [0.29, 0.717) is 43.8 Å². The van der Waals surface area contributed by atoms with Crippen molar-refractivity contribution >= 4 is 11.9 Å². The van der Waals surface area contributed by atoms with E-state index in [9.17, 15) is 9.59 Å². The molecule has 26 heavy (non-hydrogen) atoms. The monoisotopic (exact) mass is 363 g/mol. The predicted molar refractivity (Wildman–Crippen MR) is 95.5 cm³/mol. The number of carbonyl (C=O) groups excluding carboxylic acids is 2. The summed E-state index contributed by atoms with van der Waals surface area (Å²) in [6.07, 6.45) is 7.18. The maximum Gasteiger partial charge on any atom is 0.317 e. The van der Waals surface area contributed by atoms with Gasteiger partial charge in [0.25, 0.3) is 0 Å². The van der Waals surface area contributed by atoms with Crippen LogP contribution in [0.2, 0.25) is 0 Å². The van der Waals surface area contributed by atoms with Gasteiger partial charge in [-0.2, -0.15) is 4.98 Å². The minimum absolute atomic E-state index is 0.0108. The molecule has 2 heterocycles. The SMILES string of the molecule is CC(=O)N(CCc1noc(C)n1)C1CCN(C(=O)NC2CCCCC2)C1. The lowest BCUT2D eigenvalue weighted by Crippen LogP contribution is -2.47. The topological polar surface area (TPSA) is 91.6 Å². The number of aromatic nitrogens is 2. The Bertz CT molecular complexity index is 626. The maximum absolute atomic E-state index is 12.5. The summed E-state index contributed by atoms with van der Waals surface area (Å²) in [6.45, 7) is 5.14. The van der Waals surface area contributed by atoms with E-state index in [0.717, 1.165) is 19.3 Å². The second-order valence-electron chi connectivity index (χ2n) is 7.36. The molecule has 1 saturated carbocycles. The average Bonchev–Trinajstić information content (AvgIpc) is 3.25. The number of carbonyl (C=O) groups is 2. The van der Waals surface area contributed by atoms with E-state index >= 15 is 0 Å². The molecule has 0 aromatic carbocycles. The van der Waals surface area contributed by atoms with Gasteiger partial charge in [0, 0.05) is 45.9 Å². The lowest BCUT2D eigenvalue weighted by atomic mass is 9.96. The van der Waals surface area contributed by atoms with Gasteiger partial charge in [0.2, 0.25) is 11.8 Å². The first kappa shape index (κ1) is 18.7. The van der Waals surface area contributed by atoms with E-state index in [4.69, 9.17) is 4.52 Å². The van der Waals surface area contributed by atoms with Gasteiger partial charge < -0.3 is 19.6 Å². The van der Waals surface area contributed by atoms with E-state index in [1.54, 1.807) is 13.8 Å². The van der Waals surface area contributed by atoms with Gasteiger partial charge in [-0.05, 0) is 19.3 Å². The highest BCUT2D eigenvalue weighted by Crippen LogP contribution is 2.20. The Morgan fingerprint density at radius 2 is 2.04 bits per heavy atom. The molecule has 2 fully saturated rings. The van der Waals surface area contributed by atoms with Crippen LogP contribution < -0.4 is 5.32 Å². The van der Waals surface area contributed by atoms with Crippen LogP contribution in [0, 0.1) is 6.92 Å². The van der Waals surface area contributed by atoms with Crippen molar-refractivity contribution in [1.29, 1.82) is 0 Å². The lowest BCUT2D eigenvalue weighted by molar-refractivity contribution is -0.130. The summed E-state index contributed by atoms with van der Waals surface area (Å²) in [5, 5.41) is 7.04. The van der Waals surface area contributed by atoms with Crippen LogP contribution in [-0.4, -0.2) is 63.6 Å². The van der Waals surface area contributed by atoms with Crippen molar-refractivity contribution in [3.63, 3.8) is 0 Å². The van der Waals surface area contributed by atoms with Crippen LogP contribution in [0.4, 0.5) is 4.79 Å². The molecule has 1 unspecified atom stereocenters. The number of likely N-dealkylation sites (tertiary alicyclic amines) is 1. The van der Waals surface area contributed by atoms with Gasteiger partial charge in [-0.1, -0.05) is 24.4 Å². The molecule has 0 bridgehead atoms. The van der Waals surface area contributed by atoms with Crippen LogP contribution in [0.15, 0.2) is 4.52 Å². The summed E-state index contributed by atoms with van der Waals surface area (Å²) in [5.74, 6) is 1.16. The highest BCUT2D eigenvalue weighted by atomic mass is 16.5. The van der Waals surface area contributed by atoms with Crippen LogP contribution in [0.1, 0.15) is 57.2 Å². The van der Waals surface area contributed by atoms with Crippen LogP contribution in [0.25, 0.3) is 0 Å². The van der Waals surface area contributed by atoms with E-state index in [1.165, 1.54) is 19.3 Å². The molecule has 2 aliphatic rings. The Labute approximate surface area is 154 Å². The molecule has 1 atom stereocenters. The summed E-state index contributed by atoms with van der Waals surface area (Å²) in [6, 6.07) is 0.370. The Balaban J connectivity index is 1.50. The molecule has 3 amide bonds. The van der Waals surface area contributed by atoms with Gasteiger partial charge >= 0.3 is 6.03 Å². The molecular formula is C18H29N5O3. The Hall–Kier alpha value is -2.12. The number of nitrogens with one attached hydrogen (secondary N) is 1. The highest BCUT2D eigenvalue weighted by molar-refractivity contribution is 5.76. The summed E-state index contributed by atoms with van der Waals surface area (Å²) in [5.41, 5.74) is 0. The fourth-order valence-corrected chi connectivity index (χ4v) is 3.95. The van der Waals surface area contributed by atoms with Gasteiger partial charge in [0.05, 0.1) is 6.04 Å². The zero-order chi connectivity index (χ0) is 18.5. The number of hydrogen-bond donors (Lipinski definition) is 1. The van der Waals surface area contributed by atoms with Crippen molar-refractivity contribution in [1.82, 2.24) is 25.3 Å². The molecule has 8 heteroatoms.